The molecule has 0 spiro atoms. The van der Waals surface area contributed by atoms with Gasteiger partial charge in [-0.3, -0.25) is 14.4 Å². The Labute approximate surface area is 220 Å². The lowest BCUT2D eigenvalue weighted by atomic mass is 9.98. The second kappa shape index (κ2) is 12.9. The summed E-state index contributed by atoms with van der Waals surface area (Å²) in [5.74, 6) is -0.851. The Morgan fingerprint density at radius 3 is 2.08 bits per heavy atom. The normalized spacial score (nSPS) is 13.5. The van der Waals surface area contributed by atoms with E-state index in [2.05, 4.69) is 31.2 Å². The van der Waals surface area contributed by atoms with Gasteiger partial charge in [0.1, 0.15) is 23.5 Å². The van der Waals surface area contributed by atoms with Crippen molar-refractivity contribution in [3.8, 4) is 0 Å². The van der Waals surface area contributed by atoms with E-state index < -0.39 is 11.8 Å². The molecule has 1 aromatic heterocycles. The molecule has 1 fully saturated rings. The number of aromatic nitrogens is 2. The van der Waals surface area contributed by atoms with E-state index in [0.29, 0.717) is 23.6 Å². The summed E-state index contributed by atoms with van der Waals surface area (Å²) in [4.78, 5) is 45.5. The monoisotopic (exact) mass is 518 g/mol. The van der Waals surface area contributed by atoms with Crippen LogP contribution in [0.2, 0.25) is 0 Å². The number of carbonyl (C=O) groups is 3. The third-order valence-electron chi connectivity index (χ3n) is 6.49. The van der Waals surface area contributed by atoms with E-state index in [1.807, 2.05) is 0 Å². The second-order valence-electron chi connectivity index (χ2n) is 9.34. The number of hydrogen-bond donors (Lipinski definition) is 4. The zero-order chi connectivity index (χ0) is 26.9. The smallest absolute Gasteiger partial charge is 0.270 e. The molecule has 2 aromatic carbocycles. The largest absolute Gasteiger partial charge is 0.352 e. The maximum Gasteiger partial charge on any atom is 0.270 e. The van der Waals surface area contributed by atoms with E-state index in [0.717, 1.165) is 43.4 Å². The number of amides is 3. The van der Waals surface area contributed by atoms with Crippen molar-refractivity contribution >= 4 is 17.7 Å². The number of halogens is 1. The van der Waals surface area contributed by atoms with Crippen molar-refractivity contribution in [2.24, 2.45) is 5.92 Å². The highest BCUT2D eigenvalue weighted by atomic mass is 19.1. The van der Waals surface area contributed by atoms with Crippen LogP contribution in [0, 0.1) is 18.7 Å². The van der Waals surface area contributed by atoms with Gasteiger partial charge in [-0.05, 0) is 73.7 Å². The Balaban J connectivity index is 1.26. The maximum atomic E-state index is 13.4. The van der Waals surface area contributed by atoms with Crippen LogP contribution in [0.3, 0.4) is 0 Å². The number of carbonyl (C=O) groups excluding carboxylic acids is 3. The number of nitrogens with zero attached hydrogens (tertiary/aromatic N) is 2. The van der Waals surface area contributed by atoms with E-state index in [4.69, 9.17) is 0 Å². The first kappa shape index (κ1) is 26.9. The van der Waals surface area contributed by atoms with Crippen LogP contribution < -0.4 is 21.3 Å². The molecule has 38 heavy (non-hydrogen) atoms. The molecule has 1 saturated heterocycles. The second-order valence-corrected chi connectivity index (χ2v) is 9.34. The molecule has 4 N–H and O–H groups in total. The number of nitrogens with one attached hydrogen (secondary N) is 4. The first-order chi connectivity index (χ1) is 18.4. The van der Waals surface area contributed by atoms with Gasteiger partial charge in [-0.1, -0.05) is 24.3 Å². The van der Waals surface area contributed by atoms with Gasteiger partial charge in [-0.15, -0.1) is 0 Å². The van der Waals surface area contributed by atoms with Crippen molar-refractivity contribution in [3.05, 3.63) is 94.3 Å². The van der Waals surface area contributed by atoms with Crippen molar-refractivity contribution in [2.75, 3.05) is 19.6 Å². The summed E-state index contributed by atoms with van der Waals surface area (Å²) in [6.45, 7) is 4.72. The van der Waals surface area contributed by atoms with E-state index >= 15 is 0 Å². The minimum absolute atomic E-state index is 0.0452. The molecule has 0 bridgehead atoms. The van der Waals surface area contributed by atoms with E-state index in [9.17, 15) is 18.8 Å². The molecule has 10 heteroatoms. The predicted octanol–water partition coefficient (Wildman–Crippen LogP) is 2.51. The van der Waals surface area contributed by atoms with Gasteiger partial charge >= 0.3 is 0 Å². The van der Waals surface area contributed by atoms with Crippen LogP contribution in [-0.4, -0.2) is 47.3 Å². The molecule has 0 atom stereocenters. The van der Waals surface area contributed by atoms with Gasteiger partial charge in [0, 0.05) is 31.3 Å². The van der Waals surface area contributed by atoms with Crippen LogP contribution in [0.15, 0.2) is 54.9 Å². The summed E-state index contributed by atoms with van der Waals surface area (Å²) < 4.78 is 13.4. The van der Waals surface area contributed by atoms with Crippen LogP contribution >= 0.6 is 0 Å². The summed E-state index contributed by atoms with van der Waals surface area (Å²) in [6.07, 6.45) is 3.28. The quantitative estimate of drug-likeness (QED) is 0.345. The lowest BCUT2D eigenvalue weighted by Gasteiger charge is -2.22. The van der Waals surface area contributed by atoms with Crippen molar-refractivity contribution in [1.82, 2.24) is 31.2 Å². The number of benzene rings is 2. The standard InChI is InChI=1S/C28H31FN6O3/c1-18-12-21(4-7-23(18)29)16-33-28(38)25-13-24(34-17-35-25)27(37)32-14-19-2-5-22(6-3-19)26(36)31-15-20-8-10-30-11-9-20/h2-7,12-13,17,20,30H,8-11,14-16H2,1H3,(H,31,36)(H,32,37)(H,33,38). The SMILES string of the molecule is Cc1cc(CNC(=O)c2cc(C(=O)NCc3ccc(C(=O)NCC4CCNCC4)cc3)ncn2)ccc1F. The lowest BCUT2D eigenvalue weighted by molar-refractivity contribution is 0.0932. The Morgan fingerprint density at radius 2 is 1.45 bits per heavy atom. The summed E-state index contributed by atoms with van der Waals surface area (Å²) >= 11 is 0. The fourth-order valence-electron chi connectivity index (χ4n) is 4.17. The van der Waals surface area contributed by atoms with Crippen LogP contribution in [0.5, 0.6) is 0 Å². The Hall–Kier alpha value is -4.18. The highest BCUT2D eigenvalue weighted by Gasteiger charge is 2.16. The highest BCUT2D eigenvalue weighted by molar-refractivity contribution is 5.97. The molecule has 2 heterocycles. The third-order valence-corrected chi connectivity index (χ3v) is 6.49. The molecule has 1 aliphatic heterocycles. The van der Waals surface area contributed by atoms with Crippen molar-refractivity contribution < 1.29 is 18.8 Å². The summed E-state index contributed by atoms with van der Waals surface area (Å²) in [5, 5.41) is 11.8. The highest BCUT2D eigenvalue weighted by Crippen LogP contribution is 2.12. The minimum atomic E-state index is -0.475. The molecule has 0 unspecified atom stereocenters. The molecule has 3 aromatic rings. The molecule has 9 nitrogen and oxygen atoms in total. The molecular weight excluding hydrogens is 487 g/mol. The predicted molar refractivity (Wildman–Crippen MR) is 140 cm³/mol. The summed E-state index contributed by atoms with van der Waals surface area (Å²) in [7, 11) is 0. The van der Waals surface area contributed by atoms with E-state index in [-0.39, 0.29) is 36.2 Å². The first-order valence-corrected chi connectivity index (χ1v) is 12.6. The summed E-state index contributed by atoms with van der Waals surface area (Å²) in [5.41, 5.74) is 2.71. The molecule has 3 amide bonds. The Morgan fingerprint density at radius 1 is 0.842 bits per heavy atom. The zero-order valence-electron chi connectivity index (χ0n) is 21.2. The average molecular weight is 519 g/mol. The molecular formula is C28H31FN6O3. The van der Waals surface area contributed by atoms with E-state index in [1.165, 1.54) is 12.1 Å². The van der Waals surface area contributed by atoms with Crippen molar-refractivity contribution in [1.29, 1.82) is 0 Å². The first-order valence-electron chi connectivity index (χ1n) is 12.6. The van der Waals surface area contributed by atoms with Gasteiger partial charge in [0.15, 0.2) is 0 Å². The average Bonchev–Trinajstić information content (AvgIpc) is 2.96. The lowest BCUT2D eigenvalue weighted by Crippen LogP contribution is -2.35. The van der Waals surface area contributed by atoms with Crippen LogP contribution in [0.1, 0.15) is 60.9 Å². The van der Waals surface area contributed by atoms with Crippen LogP contribution in [-0.2, 0) is 13.1 Å². The van der Waals surface area contributed by atoms with Crippen molar-refractivity contribution in [2.45, 2.75) is 32.9 Å². The fourth-order valence-corrected chi connectivity index (χ4v) is 4.17. The number of aryl methyl sites for hydroxylation is 1. The van der Waals surface area contributed by atoms with Crippen LogP contribution in [0.25, 0.3) is 0 Å². The molecule has 4 rings (SSSR count). The van der Waals surface area contributed by atoms with Gasteiger partial charge in [0.05, 0.1) is 0 Å². The van der Waals surface area contributed by atoms with Gasteiger partial charge in [-0.2, -0.15) is 0 Å². The Kier molecular flexibility index (Phi) is 9.10. The van der Waals surface area contributed by atoms with Gasteiger partial charge < -0.3 is 21.3 Å². The summed E-state index contributed by atoms with van der Waals surface area (Å²) in [6, 6.07) is 13.0. The fraction of sp³-hybridized carbons (Fsp3) is 0.321. The number of rotatable bonds is 9. The van der Waals surface area contributed by atoms with Crippen LogP contribution in [0.4, 0.5) is 4.39 Å². The molecule has 1 aliphatic rings. The van der Waals surface area contributed by atoms with Gasteiger partial charge in [0.25, 0.3) is 17.7 Å². The molecule has 198 valence electrons. The van der Waals surface area contributed by atoms with Crippen molar-refractivity contribution in [3.63, 3.8) is 0 Å². The van der Waals surface area contributed by atoms with Gasteiger partial charge in [-0.25, -0.2) is 14.4 Å². The molecule has 0 aliphatic carbocycles. The maximum absolute atomic E-state index is 13.4. The topological polar surface area (TPSA) is 125 Å². The molecule has 0 saturated carbocycles. The Bertz CT molecular complexity index is 1290. The van der Waals surface area contributed by atoms with Gasteiger partial charge in [0.2, 0.25) is 0 Å². The molecule has 0 radical (unpaired) electrons. The van der Waals surface area contributed by atoms with E-state index in [1.54, 1.807) is 43.3 Å². The zero-order valence-corrected chi connectivity index (χ0v) is 21.2. The third kappa shape index (κ3) is 7.42. The number of hydrogen-bond acceptors (Lipinski definition) is 6. The number of piperidine rings is 1. The minimum Gasteiger partial charge on any atom is -0.352 e.